The number of hydrogen-bond acceptors (Lipinski definition) is 2. The number of aryl methyl sites for hydroxylation is 1. The van der Waals surface area contributed by atoms with Crippen molar-refractivity contribution in [3.05, 3.63) is 52.3 Å². The van der Waals surface area contributed by atoms with Crippen molar-refractivity contribution in [3.63, 3.8) is 0 Å². The minimum Gasteiger partial charge on any atom is -0.292 e. The summed E-state index contributed by atoms with van der Waals surface area (Å²) in [6.45, 7) is 0. The van der Waals surface area contributed by atoms with E-state index in [9.17, 15) is 4.79 Å². The largest absolute Gasteiger partial charge is 0.292 e. The molecule has 16 heavy (non-hydrogen) atoms. The van der Waals surface area contributed by atoms with Gasteiger partial charge in [0.1, 0.15) is 5.69 Å². The van der Waals surface area contributed by atoms with Gasteiger partial charge in [0.05, 0.1) is 0 Å². The van der Waals surface area contributed by atoms with Crippen LogP contribution in [0, 0.1) is 0 Å². The van der Waals surface area contributed by atoms with Crippen molar-refractivity contribution in [3.8, 4) is 0 Å². The van der Waals surface area contributed by atoms with E-state index in [1.54, 1.807) is 24.0 Å². The first-order valence-corrected chi connectivity index (χ1v) is 5.72. The molecule has 0 fully saturated rings. The maximum Gasteiger partial charge on any atom is 0.187 e. The van der Waals surface area contributed by atoms with Crippen molar-refractivity contribution in [2.45, 2.75) is 6.42 Å². The van der Waals surface area contributed by atoms with Gasteiger partial charge in [0, 0.05) is 24.1 Å². The van der Waals surface area contributed by atoms with Gasteiger partial charge in [0.15, 0.2) is 5.78 Å². The number of benzene rings is 1. The van der Waals surface area contributed by atoms with Gasteiger partial charge in [0.2, 0.25) is 0 Å². The molecule has 0 aliphatic heterocycles. The summed E-state index contributed by atoms with van der Waals surface area (Å²) in [6, 6.07) is 9.48. The number of rotatable bonds is 3. The van der Waals surface area contributed by atoms with E-state index in [1.807, 2.05) is 24.3 Å². The zero-order valence-corrected chi connectivity index (χ0v) is 10.4. The van der Waals surface area contributed by atoms with Crippen LogP contribution in [-0.2, 0) is 13.5 Å². The highest BCUT2D eigenvalue weighted by Crippen LogP contribution is 2.13. The quantitative estimate of drug-likeness (QED) is 0.809. The molecular weight excluding hydrogens is 268 g/mol. The molecule has 0 saturated heterocycles. The van der Waals surface area contributed by atoms with Gasteiger partial charge in [-0.1, -0.05) is 28.1 Å². The van der Waals surface area contributed by atoms with Crippen molar-refractivity contribution in [1.29, 1.82) is 0 Å². The Kier molecular flexibility index (Phi) is 3.19. The number of carbonyl (C=O) groups is 1. The zero-order valence-electron chi connectivity index (χ0n) is 8.85. The first kappa shape index (κ1) is 11.1. The number of carbonyl (C=O) groups excluding carboxylic acids is 1. The SMILES string of the molecule is Cn1ccc(C(=O)Cc2cccc(Br)c2)n1. The predicted octanol–water partition coefficient (Wildman–Crippen LogP) is 2.61. The van der Waals surface area contributed by atoms with E-state index in [-0.39, 0.29) is 5.78 Å². The third-order valence-electron chi connectivity index (χ3n) is 2.25. The normalized spacial score (nSPS) is 10.4. The van der Waals surface area contributed by atoms with Crippen LogP contribution < -0.4 is 0 Å². The molecule has 0 radical (unpaired) electrons. The van der Waals surface area contributed by atoms with E-state index in [2.05, 4.69) is 21.0 Å². The summed E-state index contributed by atoms with van der Waals surface area (Å²) in [5, 5.41) is 4.08. The van der Waals surface area contributed by atoms with Crippen LogP contribution in [0.15, 0.2) is 41.0 Å². The Morgan fingerprint density at radius 1 is 1.44 bits per heavy atom. The monoisotopic (exact) mass is 278 g/mol. The average Bonchev–Trinajstić information content (AvgIpc) is 2.65. The fourth-order valence-corrected chi connectivity index (χ4v) is 1.93. The molecule has 0 aliphatic carbocycles. The lowest BCUT2D eigenvalue weighted by Gasteiger charge is -1.99. The molecular formula is C12H11BrN2O. The maximum atomic E-state index is 11.8. The summed E-state index contributed by atoms with van der Waals surface area (Å²) in [6.07, 6.45) is 2.16. The maximum absolute atomic E-state index is 11.8. The topological polar surface area (TPSA) is 34.9 Å². The lowest BCUT2D eigenvalue weighted by molar-refractivity contribution is 0.0987. The molecule has 0 unspecified atom stereocenters. The van der Waals surface area contributed by atoms with Crippen molar-refractivity contribution in [2.75, 3.05) is 0 Å². The van der Waals surface area contributed by atoms with Crippen LogP contribution in [0.25, 0.3) is 0 Å². The molecule has 0 bridgehead atoms. The summed E-state index contributed by atoms with van der Waals surface area (Å²) in [5.74, 6) is 0.0405. The predicted molar refractivity (Wildman–Crippen MR) is 65.4 cm³/mol. The van der Waals surface area contributed by atoms with E-state index in [0.29, 0.717) is 12.1 Å². The van der Waals surface area contributed by atoms with Crippen LogP contribution in [0.5, 0.6) is 0 Å². The molecule has 0 spiro atoms. The Morgan fingerprint density at radius 2 is 2.25 bits per heavy atom. The molecule has 3 nitrogen and oxygen atoms in total. The van der Waals surface area contributed by atoms with Crippen molar-refractivity contribution in [1.82, 2.24) is 9.78 Å². The lowest BCUT2D eigenvalue weighted by Crippen LogP contribution is -2.05. The molecule has 1 aromatic heterocycles. The average molecular weight is 279 g/mol. The van der Waals surface area contributed by atoms with Gasteiger partial charge in [-0.2, -0.15) is 5.10 Å². The van der Waals surface area contributed by atoms with E-state index in [1.165, 1.54) is 0 Å². The summed E-state index contributed by atoms with van der Waals surface area (Å²) >= 11 is 3.38. The van der Waals surface area contributed by atoms with Crippen LogP contribution in [0.2, 0.25) is 0 Å². The molecule has 0 aliphatic rings. The second-order valence-electron chi connectivity index (χ2n) is 3.60. The number of hydrogen-bond donors (Lipinski definition) is 0. The summed E-state index contributed by atoms with van der Waals surface area (Å²) in [5.41, 5.74) is 1.51. The van der Waals surface area contributed by atoms with Gasteiger partial charge in [-0.15, -0.1) is 0 Å². The first-order valence-electron chi connectivity index (χ1n) is 4.92. The highest BCUT2D eigenvalue weighted by Gasteiger charge is 2.09. The van der Waals surface area contributed by atoms with Gasteiger partial charge in [-0.25, -0.2) is 0 Å². The van der Waals surface area contributed by atoms with Crippen molar-refractivity contribution >= 4 is 21.7 Å². The van der Waals surface area contributed by atoms with Crippen molar-refractivity contribution in [2.24, 2.45) is 7.05 Å². The minimum atomic E-state index is 0.0405. The second-order valence-corrected chi connectivity index (χ2v) is 4.52. The molecule has 2 aromatic rings. The van der Waals surface area contributed by atoms with Crippen LogP contribution in [-0.4, -0.2) is 15.6 Å². The van der Waals surface area contributed by atoms with E-state index in [0.717, 1.165) is 10.0 Å². The molecule has 0 atom stereocenters. The molecule has 4 heteroatoms. The highest BCUT2D eigenvalue weighted by atomic mass is 79.9. The Hall–Kier alpha value is -1.42. The molecule has 0 N–H and O–H groups in total. The van der Waals surface area contributed by atoms with E-state index < -0.39 is 0 Å². The number of halogens is 1. The standard InChI is InChI=1S/C12H11BrN2O/c1-15-6-5-11(14-15)12(16)8-9-3-2-4-10(13)7-9/h2-7H,8H2,1H3. The summed E-state index contributed by atoms with van der Waals surface area (Å²) in [4.78, 5) is 11.8. The zero-order chi connectivity index (χ0) is 11.5. The Bertz CT molecular complexity index is 519. The molecule has 0 saturated carbocycles. The molecule has 82 valence electrons. The van der Waals surface area contributed by atoms with E-state index >= 15 is 0 Å². The van der Waals surface area contributed by atoms with Crippen LogP contribution in [0.3, 0.4) is 0 Å². The Balaban J connectivity index is 2.13. The third-order valence-corrected chi connectivity index (χ3v) is 2.75. The molecule has 2 rings (SSSR count). The minimum absolute atomic E-state index is 0.0405. The molecule has 1 aromatic carbocycles. The molecule has 0 amide bonds. The highest BCUT2D eigenvalue weighted by molar-refractivity contribution is 9.10. The third kappa shape index (κ3) is 2.58. The lowest BCUT2D eigenvalue weighted by atomic mass is 10.1. The summed E-state index contributed by atoms with van der Waals surface area (Å²) in [7, 11) is 1.80. The Labute approximate surface area is 102 Å². The van der Waals surface area contributed by atoms with E-state index in [4.69, 9.17) is 0 Å². The van der Waals surface area contributed by atoms with Crippen LogP contribution >= 0.6 is 15.9 Å². The fourth-order valence-electron chi connectivity index (χ4n) is 1.49. The number of aromatic nitrogens is 2. The summed E-state index contributed by atoms with van der Waals surface area (Å²) < 4.78 is 2.62. The smallest absolute Gasteiger partial charge is 0.187 e. The van der Waals surface area contributed by atoms with Gasteiger partial charge in [-0.05, 0) is 23.8 Å². The van der Waals surface area contributed by atoms with Crippen LogP contribution in [0.4, 0.5) is 0 Å². The number of ketones is 1. The fraction of sp³-hybridized carbons (Fsp3) is 0.167. The van der Waals surface area contributed by atoms with Gasteiger partial charge >= 0.3 is 0 Å². The van der Waals surface area contributed by atoms with Crippen LogP contribution in [0.1, 0.15) is 16.1 Å². The number of Topliss-reactive ketones (excluding diaryl/α,β-unsaturated/α-hetero) is 1. The van der Waals surface area contributed by atoms with Gasteiger partial charge < -0.3 is 0 Å². The Morgan fingerprint density at radius 3 is 2.88 bits per heavy atom. The van der Waals surface area contributed by atoms with Gasteiger partial charge in [-0.3, -0.25) is 9.48 Å². The molecule has 1 heterocycles. The first-order chi connectivity index (χ1) is 7.65. The van der Waals surface area contributed by atoms with Crippen molar-refractivity contribution < 1.29 is 4.79 Å². The van der Waals surface area contributed by atoms with Gasteiger partial charge in [0.25, 0.3) is 0 Å². The second kappa shape index (κ2) is 4.61. The number of nitrogens with zero attached hydrogens (tertiary/aromatic N) is 2.